The van der Waals surface area contributed by atoms with Crippen LogP contribution in [0.15, 0.2) is 47.4 Å². The van der Waals surface area contributed by atoms with Crippen molar-refractivity contribution in [1.29, 1.82) is 0 Å². The van der Waals surface area contributed by atoms with Gasteiger partial charge in [0.2, 0.25) is 0 Å². The van der Waals surface area contributed by atoms with Crippen molar-refractivity contribution in [1.82, 2.24) is 5.32 Å². The first kappa shape index (κ1) is 17.8. The van der Waals surface area contributed by atoms with Gasteiger partial charge in [-0.15, -0.1) is 0 Å². The lowest BCUT2D eigenvalue weighted by molar-refractivity contribution is -0.127. The summed E-state index contributed by atoms with van der Waals surface area (Å²) >= 11 is 5.96. The topological polar surface area (TPSA) is 72.5 Å². The van der Waals surface area contributed by atoms with Crippen LogP contribution in [-0.4, -0.2) is 26.7 Å². The minimum atomic E-state index is -3.23. The van der Waals surface area contributed by atoms with Gasteiger partial charge in [-0.2, -0.15) is 0 Å². The van der Waals surface area contributed by atoms with Crippen LogP contribution in [0.5, 0.6) is 5.75 Å². The Morgan fingerprint density at radius 3 is 2.56 bits per heavy atom. The summed E-state index contributed by atoms with van der Waals surface area (Å²) in [6, 6.07) is 11.5. The number of nitrogens with one attached hydrogen (secondary N) is 1. The number of hydrogen-bond donors (Lipinski definition) is 1. The molecule has 0 unspecified atom stereocenters. The Balaban J connectivity index is 1.65. The third-order valence-corrected chi connectivity index (χ3v) is 5.52. The van der Waals surface area contributed by atoms with E-state index in [2.05, 4.69) is 5.32 Å². The van der Waals surface area contributed by atoms with E-state index >= 15 is 0 Å². The number of rotatable bonds is 4. The van der Waals surface area contributed by atoms with E-state index in [1.807, 2.05) is 6.92 Å². The fourth-order valence-electron chi connectivity index (χ4n) is 2.76. The third-order valence-electron chi connectivity index (χ3n) is 4.16. The lowest BCUT2D eigenvalue weighted by atomic mass is 10.1. The van der Waals surface area contributed by atoms with Crippen molar-refractivity contribution in [2.24, 2.45) is 0 Å². The highest BCUT2D eigenvalue weighted by molar-refractivity contribution is 7.90. The molecule has 0 bridgehead atoms. The standard InChI is InChI=1S/C18H18ClNO4S/c1-11(12-3-6-15(7-4-12)25(2,22)23)20-18(21)17-10-13-9-14(19)5-8-16(13)24-17/h3-9,11,17H,10H2,1-2H3,(H,20,21)/t11-,17+/m1/s1. The molecule has 25 heavy (non-hydrogen) atoms. The van der Waals surface area contributed by atoms with Crippen molar-refractivity contribution in [2.75, 3.05) is 6.26 Å². The normalized spacial score (nSPS) is 17.5. The number of hydrogen-bond acceptors (Lipinski definition) is 4. The van der Waals surface area contributed by atoms with Crippen molar-refractivity contribution in [3.63, 3.8) is 0 Å². The van der Waals surface area contributed by atoms with E-state index in [9.17, 15) is 13.2 Å². The summed E-state index contributed by atoms with van der Waals surface area (Å²) in [6.45, 7) is 1.84. The van der Waals surface area contributed by atoms with Crippen LogP contribution >= 0.6 is 11.6 Å². The molecule has 1 amide bonds. The second kappa shape index (κ2) is 6.69. The predicted octanol–water partition coefficient (Wildman–Crippen LogP) is 2.92. The molecule has 0 saturated carbocycles. The second-order valence-electron chi connectivity index (χ2n) is 6.13. The molecule has 0 aromatic heterocycles. The second-order valence-corrected chi connectivity index (χ2v) is 8.59. The summed E-state index contributed by atoms with van der Waals surface area (Å²) in [7, 11) is -3.23. The smallest absolute Gasteiger partial charge is 0.261 e. The average molecular weight is 380 g/mol. The van der Waals surface area contributed by atoms with Gasteiger partial charge in [0.15, 0.2) is 15.9 Å². The molecule has 3 rings (SSSR count). The van der Waals surface area contributed by atoms with Gasteiger partial charge < -0.3 is 10.1 Å². The van der Waals surface area contributed by atoms with Crippen molar-refractivity contribution >= 4 is 27.3 Å². The highest BCUT2D eigenvalue weighted by Crippen LogP contribution is 2.31. The van der Waals surface area contributed by atoms with Crippen LogP contribution in [0.1, 0.15) is 24.1 Å². The zero-order valence-corrected chi connectivity index (χ0v) is 15.4. The van der Waals surface area contributed by atoms with Crippen molar-refractivity contribution in [3.8, 4) is 5.75 Å². The molecule has 2 aromatic carbocycles. The molecule has 1 heterocycles. The first-order valence-electron chi connectivity index (χ1n) is 7.79. The number of ether oxygens (including phenoxy) is 1. The number of halogens is 1. The Morgan fingerprint density at radius 2 is 1.92 bits per heavy atom. The molecule has 7 heteroatoms. The minimum Gasteiger partial charge on any atom is -0.480 e. The van der Waals surface area contributed by atoms with Gasteiger partial charge in [0.05, 0.1) is 10.9 Å². The fourth-order valence-corrected chi connectivity index (χ4v) is 3.58. The Hall–Kier alpha value is -2.05. The average Bonchev–Trinajstić information content (AvgIpc) is 2.97. The van der Waals surface area contributed by atoms with Crippen LogP contribution in [0.25, 0.3) is 0 Å². The molecular formula is C18H18ClNO4S. The van der Waals surface area contributed by atoms with Crippen LogP contribution < -0.4 is 10.1 Å². The molecule has 0 saturated heterocycles. The summed E-state index contributed by atoms with van der Waals surface area (Å²) < 4.78 is 28.7. The van der Waals surface area contributed by atoms with E-state index in [4.69, 9.17) is 16.3 Å². The number of fused-ring (bicyclic) bond motifs is 1. The van der Waals surface area contributed by atoms with E-state index in [-0.39, 0.29) is 16.8 Å². The van der Waals surface area contributed by atoms with E-state index in [0.717, 1.165) is 17.4 Å². The van der Waals surface area contributed by atoms with Crippen LogP contribution in [-0.2, 0) is 21.1 Å². The zero-order chi connectivity index (χ0) is 18.2. The van der Waals surface area contributed by atoms with Gasteiger partial charge in [-0.1, -0.05) is 23.7 Å². The van der Waals surface area contributed by atoms with E-state index in [0.29, 0.717) is 17.2 Å². The lowest BCUT2D eigenvalue weighted by Gasteiger charge is -2.17. The molecule has 0 spiro atoms. The Labute approximate surface area is 151 Å². The third kappa shape index (κ3) is 3.96. The number of sulfone groups is 1. The lowest BCUT2D eigenvalue weighted by Crippen LogP contribution is -2.38. The van der Waals surface area contributed by atoms with Gasteiger partial charge in [0, 0.05) is 17.7 Å². The fraction of sp³-hybridized carbons (Fsp3) is 0.278. The molecule has 1 N–H and O–H groups in total. The van der Waals surface area contributed by atoms with Crippen LogP contribution in [0.2, 0.25) is 5.02 Å². The van der Waals surface area contributed by atoms with Crippen LogP contribution in [0.4, 0.5) is 0 Å². The van der Waals surface area contributed by atoms with E-state index in [1.165, 1.54) is 12.1 Å². The Morgan fingerprint density at radius 1 is 1.24 bits per heavy atom. The number of benzene rings is 2. The highest BCUT2D eigenvalue weighted by atomic mass is 35.5. The van der Waals surface area contributed by atoms with Crippen molar-refractivity contribution < 1.29 is 17.9 Å². The molecular weight excluding hydrogens is 362 g/mol. The van der Waals surface area contributed by atoms with Crippen LogP contribution in [0.3, 0.4) is 0 Å². The highest BCUT2D eigenvalue weighted by Gasteiger charge is 2.30. The SMILES string of the molecule is C[C@@H](NC(=O)[C@@H]1Cc2cc(Cl)ccc2O1)c1ccc(S(C)(=O)=O)cc1. The van der Waals surface area contributed by atoms with Gasteiger partial charge in [0.25, 0.3) is 5.91 Å². The zero-order valence-electron chi connectivity index (χ0n) is 13.8. The molecule has 0 radical (unpaired) electrons. The number of carbonyl (C=O) groups is 1. The maximum absolute atomic E-state index is 12.4. The minimum absolute atomic E-state index is 0.216. The Kier molecular flexibility index (Phi) is 4.75. The summed E-state index contributed by atoms with van der Waals surface area (Å²) in [4.78, 5) is 12.7. The molecule has 0 aliphatic carbocycles. The first-order chi connectivity index (χ1) is 11.7. The molecule has 2 aromatic rings. The van der Waals surface area contributed by atoms with Crippen molar-refractivity contribution in [3.05, 3.63) is 58.6 Å². The summed E-state index contributed by atoms with van der Waals surface area (Å²) in [5.41, 5.74) is 1.73. The van der Waals surface area contributed by atoms with Crippen molar-refractivity contribution in [2.45, 2.75) is 30.4 Å². The van der Waals surface area contributed by atoms with Gasteiger partial charge in [-0.25, -0.2) is 8.42 Å². The maximum Gasteiger partial charge on any atom is 0.261 e. The van der Waals surface area contributed by atoms with Gasteiger partial charge >= 0.3 is 0 Å². The van der Waals surface area contributed by atoms with Crippen LogP contribution in [0, 0.1) is 0 Å². The summed E-state index contributed by atoms with van der Waals surface area (Å²) in [5.74, 6) is 0.460. The number of carbonyl (C=O) groups excluding carboxylic acids is 1. The van der Waals surface area contributed by atoms with Gasteiger partial charge in [-0.05, 0) is 48.4 Å². The van der Waals surface area contributed by atoms with E-state index < -0.39 is 15.9 Å². The number of amides is 1. The molecule has 132 valence electrons. The molecule has 0 fully saturated rings. The van der Waals surface area contributed by atoms with Gasteiger partial charge in [-0.3, -0.25) is 4.79 Å². The molecule has 1 aliphatic rings. The monoisotopic (exact) mass is 379 g/mol. The molecule has 1 aliphatic heterocycles. The van der Waals surface area contributed by atoms with E-state index in [1.54, 1.807) is 30.3 Å². The molecule has 2 atom stereocenters. The predicted molar refractivity (Wildman–Crippen MR) is 95.7 cm³/mol. The maximum atomic E-state index is 12.4. The molecule has 5 nitrogen and oxygen atoms in total. The van der Waals surface area contributed by atoms with Gasteiger partial charge in [0.1, 0.15) is 5.75 Å². The first-order valence-corrected chi connectivity index (χ1v) is 10.1. The largest absolute Gasteiger partial charge is 0.480 e. The Bertz CT molecular complexity index is 909. The summed E-state index contributed by atoms with van der Waals surface area (Å²) in [6.07, 6.45) is 1.04. The quantitative estimate of drug-likeness (QED) is 0.886. The summed E-state index contributed by atoms with van der Waals surface area (Å²) in [5, 5.41) is 3.51.